The number of hydrogen-bond acceptors (Lipinski definition) is 5. The summed E-state index contributed by atoms with van der Waals surface area (Å²) in [5, 5.41) is 18.1. The third-order valence-corrected chi connectivity index (χ3v) is 6.47. The molecule has 2 aliphatic rings. The van der Waals surface area contributed by atoms with Gasteiger partial charge < -0.3 is 14.9 Å². The summed E-state index contributed by atoms with van der Waals surface area (Å²) in [6.07, 6.45) is 0.974. The molecule has 160 valence electrons. The van der Waals surface area contributed by atoms with Crippen molar-refractivity contribution in [3.63, 3.8) is 0 Å². The second kappa shape index (κ2) is 8.57. The molecular weight excluding hydrogens is 382 g/mol. The van der Waals surface area contributed by atoms with E-state index in [-0.39, 0.29) is 23.9 Å². The van der Waals surface area contributed by atoms with E-state index in [9.17, 15) is 14.7 Å². The van der Waals surface area contributed by atoms with Crippen molar-refractivity contribution in [1.82, 2.24) is 24.9 Å². The van der Waals surface area contributed by atoms with Gasteiger partial charge in [0.05, 0.1) is 17.8 Å². The van der Waals surface area contributed by atoms with Crippen LogP contribution in [0, 0.1) is 0 Å². The lowest BCUT2D eigenvalue weighted by Crippen LogP contribution is -2.55. The summed E-state index contributed by atoms with van der Waals surface area (Å²) in [6.45, 7) is 4.48. The molecule has 30 heavy (non-hydrogen) atoms. The fourth-order valence-corrected chi connectivity index (χ4v) is 4.66. The standard InChI is InChI=1S/C22H29N5O3/c1-15(28)26-10-12-27(13-11-26)20-9-8-19(21(20)29)25(2)22(30)18-14-17(23-24-18)16-6-4-3-5-7-16/h3-7,14,19-21,29H,8-13H2,1-2H3,(H,23,24)/t19-,20-,21-/m1/s1. The lowest BCUT2D eigenvalue weighted by atomic mass is 10.1. The highest BCUT2D eigenvalue weighted by Gasteiger charge is 2.42. The molecule has 2 aromatic rings. The fourth-order valence-electron chi connectivity index (χ4n) is 4.66. The molecule has 2 fully saturated rings. The molecule has 2 amide bonds. The minimum atomic E-state index is -0.612. The largest absolute Gasteiger partial charge is 0.389 e. The highest BCUT2D eigenvalue weighted by Crippen LogP contribution is 2.30. The van der Waals surface area contributed by atoms with Crippen LogP contribution < -0.4 is 0 Å². The molecule has 3 atom stereocenters. The topological polar surface area (TPSA) is 92.8 Å². The van der Waals surface area contributed by atoms with E-state index in [0.29, 0.717) is 18.8 Å². The van der Waals surface area contributed by atoms with Gasteiger partial charge in [-0.2, -0.15) is 5.10 Å². The lowest BCUT2D eigenvalue weighted by molar-refractivity contribution is -0.131. The Balaban J connectivity index is 1.39. The summed E-state index contributed by atoms with van der Waals surface area (Å²) in [4.78, 5) is 30.3. The maximum atomic E-state index is 13.0. The number of carbonyl (C=O) groups is 2. The first kappa shape index (κ1) is 20.6. The molecule has 1 aromatic carbocycles. The van der Waals surface area contributed by atoms with Crippen molar-refractivity contribution in [2.45, 2.75) is 38.0 Å². The van der Waals surface area contributed by atoms with Gasteiger partial charge in [0.1, 0.15) is 5.69 Å². The Hall–Kier alpha value is -2.71. The molecule has 0 unspecified atom stereocenters. The molecule has 1 aromatic heterocycles. The summed E-state index contributed by atoms with van der Waals surface area (Å²) < 4.78 is 0. The third kappa shape index (κ3) is 3.97. The predicted octanol–water partition coefficient (Wildman–Crippen LogP) is 1.20. The molecule has 8 nitrogen and oxygen atoms in total. The van der Waals surface area contributed by atoms with Crippen LogP contribution in [-0.4, -0.2) is 93.2 Å². The molecule has 0 bridgehead atoms. The second-order valence-corrected chi connectivity index (χ2v) is 8.19. The Bertz CT molecular complexity index is 891. The van der Waals surface area contributed by atoms with Gasteiger partial charge in [0.15, 0.2) is 0 Å². The lowest BCUT2D eigenvalue weighted by Gasteiger charge is -2.39. The molecular formula is C22H29N5O3. The first-order valence-corrected chi connectivity index (χ1v) is 10.5. The van der Waals surface area contributed by atoms with E-state index in [2.05, 4.69) is 15.1 Å². The third-order valence-electron chi connectivity index (χ3n) is 6.47. The van der Waals surface area contributed by atoms with E-state index in [1.54, 1.807) is 24.9 Å². The van der Waals surface area contributed by atoms with Gasteiger partial charge >= 0.3 is 0 Å². The van der Waals surface area contributed by atoms with Crippen LogP contribution in [0.1, 0.15) is 30.3 Å². The van der Waals surface area contributed by atoms with Gasteiger partial charge in [0.25, 0.3) is 5.91 Å². The number of aromatic nitrogens is 2. The van der Waals surface area contributed by atoms with Crippen molar-refractivity contribution in [2.24, 2.45) is 0 Å². The molecule has 0 spiro atoms. The summed E-state index contributed by atoms with van der Waals surface area (Å²) in [6, 6.07) is 11.2. The number of carbonyl (C=O) groups excluding carboxylic acids is 2. The Morgan fingerprint density at radius 2 is 1.83 bits per heavy atom. The maximum Gasteiger partial charge on any atom is 0.271 e. The number of nitrogens with one attached hydrogen (secondary N) is 1. The molecule has 4 rings (SSSR count). The number of hydrogen-bond donors (Lipinski definition) is 2. The van der Waals surface area contributed by atoms with Gasteiger partial charge in [0.2, 0.25) is 5.91 Å². The molecule has 2 N–H and O–H groups in total. The van der Waals surface area contributed by atoms with Crippen LogP contribution in [0.15, 0.2) is 36.4 Å². The van der Waals surface area contributed by atoms with Crippen molar-refractivity contribution >= 4 is 11.8 Å². The van der Waals surface area contributed by atoms with Gasteiger partial charge in [-0.1, -0.05) is 30.3 Å². The number of H-pyrrole nitrogens is 1. The van der Waals surface area contributed by atoms with Gasteiger partial charge in [-0.3, -0.25) is 19.6 Å². The average Bonchev–Trinajstić information content (AvgIpc) is 3.41. The van der Waals surface area contributed by atoms with Crippen molar-refractivity contribution in [3.8, 4) is 11.3 Å². The number of amides is 2. The van der Waals surface area contributed by atoms with Crippen LogP contribution in [0.25, 0.3) is 11.3 Å². The van der Waals surface area contributed by atoms with E-state index in [0.717, 1.165) is 37.2 Å². The maximum absolute atomic E-state index is 13.0. The van der Waals surface area contributed by atoms with Crippen molar-refractivity contribution in [2.75, 3.05) is 33.2 Å². The zero-order valence-electron chi connectivity index (χ0n) is 17.5. The highest BCUT2D eigenvalue weighted by atomic mass is 16.3. The van der Waals surface area contributed by atoms with Crippen LogP contribution in [-0.2, 0) is 4.79 Å². The number of piperazine rings is 1. The minimum Gasteiger partial charge on any atom is -0.389 e. The highest BCUT2D eigenvalue weighted by molar-refractivity contribution is 5.93. The van der Waals surface area contributed by atoms with Crippen LogP contribution in [0.5, 0.6) is 0 Å². The molecule has 1 aliphatic carbocycles. The molecule has 1 aliphatic heterocycles. The molecule has 0 radical (unpaired) electrons. The fraction of sp³-hybridized carbons (Fsp3) is 0.500. The van der Waals surface area contributed by atoms with Gasteiger partial charge in [-0.05, 0) is 18.9 Å². The number of aliphatic hydroxyl groups excluding tert-OH is 1. The predicted molar refractivity (Wildman–Crippen MR) is 113 cm³/mol. The summed E-state index contributed by atoms with van der Waals surface area (Å²) in [5.41, 5.74) is 2.09. The summed E-state index contributed by atoms with van der Waals surface area (Å²) in [7, 11) is 1.75. The van der Waals surface area contributed by atoms with Gasteiger partial charge in [0, 0.05) is 51.8 Å². The minimum absolute atomic E-state index is 0.0148. The Labute approximate surface area is 176 Å². The SMILES string of the molecule is CC(=O)N1CCN([C@@H]2CC[C@@H](N(C)C(=O)c3cc(-c4ccccc4)n[nH]3)[C@H]2O)CC1. The number of nitrogens with zero attached hydrogens (tertiary/aromatic N) is 4. The van der Waals surface area contributed by atoms with Crippen LogP contribution in [0.3, 0.4) is 0 Å². The van der Waals surface area contributed by atoms with Crippen molar-refractivity contribution in [3.05, 3.63) is 42.1 Å². The number of aliphatic hydroxyl groups is 1. The van der Waals surface area contributed by atoms with Gasteiger partial charge in [-0.15, -0.1) is 0 Å². The van der Waals surface area contributed by atoms with Crippen LogP contribution in [0.2, 0.25) is 0 Å². The zero-order valence-corrected chi connectivity index (χ0v) is 17.5. The molecule has 1 saturated heterocycles. The van der Waals surface area contributed by atoms with Crippen molar-refractivity contribution in [1.29, 1.82) is 0 Å². The zero-order chi connectivity index (χ0) is 21.3. The Morgan fingerprint density at radius 3 is 2.50 bits per heavy atom. The quantitative estimate of drug-likeness (QED) is 0.789. The summed E-state index contributed by atoms with van der Waals surface area (Å²) in [5.74, 6) is -0.0740. The normalized spacial score (nSPS) is 24.8. The van der Waals surface area contributed by atoms with E-state index >= 15 is 0 Å². The van der Waals surface area contributed by atoms with Gasteiger partial charge in [-0.25, -0.2) is 0 Å². The van der Waals surface area contributed by atoms with Crippen molar-refractivity contribution < 1.29 is 14.7 Å². The monoisotopic (exact) mass is 411 g/mol. The van der Waals surface area contributed by atoms with E-state index < -0.39 is 6.10 Å². The number of benzene rings is 1. The van der Waals surface area contributed by atoms with E-state index in [1.165, 1.54) is 0 Å². The Kier molecular flexibility index (Phi) is 5.87. The first-order valence-electron chi connectivity index (χ1n) is 10.5. The smallest absolute Gasteiger partial charge is 0.271 e. The van der Waals surface area contributed by atoms with E-state index in [1.807, 2.05) is 35.2 Å². The molecule has 2 heterocycles. The average molecular weight is 412 g/mol. The molecule has 8 heteroatoms. The number of rotatable bonds is 4. The number of likely N-dealkylation sites (N-methyl/N-ethyl adjacent to an activating group) is 1. The summed E-state index contributed by atoms with van der Waals surface area (Å²) >= 11 is 0. The van der Waals surface area contributed by atoms with Crippen LogP contribution >= 0.6 is 0 Å². The first-order chi connectivity index (χ1) is 14.5. The second-order valence-electron chi connectivity index (χ2n) is 8.19. The Morgan fingerprint density at radius 1 is 1.13 bits per heavy atom. The van der Waals surface area contributed by atoms with E-state index in [4.69, 9.17) is 0 Å². The molecule has 1 saturated carbocycles. The van der Waals surface area contributed by atoms with Crippen LogP contribution in [0.4, 0.5) is 0 Å². The number of aromatic amines is 1.